The second kappa shape index (κ2) is 6.79. The summed E-state index contributed by atoms with van der Waals surface area (Å²) in [4.78, 5) is 27.3. The molecule has 4 bridgehead atoms. The topological polar surface area (TPSA) is 87.1 Å². The zero-order valence-corrected chi connectivity index (χ0v) is 18.0. The lowest BCUT2D eigenvalue weighted by Crippen LogP contribution is -2.52. The molecular weight excluding hydrogens is 390 g/mol. The summed E-state index contributed by atoms with van der Waals surface area (Å²) in [5.41, 5.74) is 0.671. The van der Waals surface area contributed by atoms with Crippen LogP contribution < -0.4 is 0 Å². The van der Waals surface area contributed by atoms with Crippen LogP contribution in [-0.4, -0.2) is 67.0 Å². The van der Waals surface area contributed by atoms with Gasteiger partial charge in [0.25, 0.3) is 5.91 Å². The Balaban J connectivity index is 1.29. The van der Waals surface area contributed by atoms with Gasteiger partial charge in [0.1, 0.15) is 5.71 Å². The molecule has 2 aliphatic heterocycles. The van der Waals surface area contributed by atoms with Crippen LogP contribution >= 0.6 is 0 Å². The lowest BCUT2D eigenvalue weighted by atomic mass is 9.49. The maximum atomic E-state index is 13.2. The third-order valence-corrected chi connectivity index (χ3v) is 9.70. The number of carbonyl (C=O) groups excluding carboxylic acids is 2. The monoisotopic (exact) mass is 421 g/mol. The summed E-state index contributed by atoms with van der Waals surface area (Å²) in [5.74, 6) is 2.29. The molecular formula is C21H31N3O4S. The number of amides is 2. The summed E-state index contributed by atoms with van der Waals surface area (Å²) in [6, 6.07) is -0.427. The Labute approximate surface area is 172 Å². The Morgan fingerprint density at radius 2 is 1.76 bits per heavy atom. The normalized spacial score (nSPS) is 40.2. The van der Waals surface area contributed by atoms with Crippen LogP contribution in [0.3, 0.4) is 0 Å². The van der Waals surface area contributed by atoms with Crippen LogP contribution in [0, 0.1) is 23.2 Å². The van der Waals surface area contributed by atoms with E-state index in [1.807, 2.05) is 11.9 Å². The van der Waals surface area contributed by atoms with Crippen LogP contribution in [0.15, 0.2) is 5.10 Å². The molecule has 1 saturated heterocycles. The first-order valence-corrected chi connectivity index (χ1v) is 12.9. The molecule has 6 aliphatic rings. The van der Waals surface area contributed by atoms with Crippen molar-refractivity contribution in [1.29, 1.82) is 0 Å². The van der Waals surface area contributed by atoms with Crippen molar-refractivity contribution >= 4 is 27.4 Å². The average Bonchev–Trinajstić information content (AvgIpc) is 2.99. The molecule has 2 heterocycles. The molecule has 4 aliphatic carbocycles. The van der Waals surface area contributed by atoms with Crippen molar-refractivity contribution in [1.82, 2.24) is 9.91 Å². The lowest BCUT2D eigenvalue weighted by molar-refractivity contribution is -0.134. The van der Waals surface area contributed by atoms with Crippen LogP contribution in [0.1, 0.15) is 57.8 Å². The molecule has 0 N–H and O–H groups in total. The Morgan fingerprint density at radius 1 is 1.14 bits per heavy atom. The average molecular weight is 422 g/mol. The van der Waals surface area contributed by atoms with Gasteiger partial charge in [0.15, 0.2) is 9.84 Å². The Bertz CT molecular complexity index is 830. The molecule has 0 aromatic heterocycles. The van der Waals surface area contributed by atoms with Crippen LogP contribution in [0.5, 0.6) is 0 Å². The number of hydrazone groups is 1. The maximum absolute atomic E-state index is 13.2. The Morgan fingerprint density at radius 3 is 2.31 bits per heavy atom. The van der Waals surface area contributed by atoms with E-state index >= 15 is 0 Å². The van der Waals surface area contributed by atoms with Crippen molar-refractivity contribution in [3.8, 4) is 0 Å². The van der Waals surface area contributed by atoms with Crippen molar-refractivity contribution in [3.05, 3.63) is 0 Å². The second-order valence-corrected chi connectivity index (χ2v) is 12.6. The van der Waals surface area contributed by atoms with Gasteiger partial charge in [-0.25, -0.2) is 13.4 Å². The molecule has 0 aromatic carbocycles. The van der Waals surface area contributed by atoms with E-state index < -0.39 is 15.9 Å². The lowest BCUT2D eigenvalue weighted by Gasteiger charge is -2.57. The number of nitrogens with zero attached hydrogens (tertiary/aromatic N) is 3. The summed E-state index contributed by atoms with van der Waals surface area (Å²) in [7, 11) is -1.25. The minimum atomic E-state index is -3.11. The first-order valence-electron chi connectivity index (χ1n) is 11.1. The van der Waals surface area contributed by atoms with Crippen LogP contribution in [0.4, 0.5) is 0 Å². The number of rotatable bonds is 4. The number of hydrogen-bond donors (Lipinski definition) is 0. The first kappa shape index (κ1) is 19.5. The molecule has 8 heteroatoms. The minimum absolute atomic E-state index is 0.0488. The van der Waals surface area contributed by atoms with Gasteiger partial charge in [0, 0.05) is 26.4 Å². The summed E-state index contributed by atoms with van der Waals surface area (Å²) in [5, 5.41) is 5.66. The van der Waals surface area contributed by atoms with Gasteiger partial charge in [0.05, 0.1) is 17.5 Å². The molecule has 5 fully saturated rings. The minimum Gasteiger partial charge on any atom is -0.340 e. The third kappa shape index (κ3) is 3.62. The van der Waals surface area contributed by atoms with E-state index in [4.69, 9.17) is 0 Å². The van der Waals surface area contributed by atoms with Gasteiger partial charge in [-0.1, -0.05) is 0 Å². The number of carbonyl (C=O) groups is 2. The van der Waals surface area contributed by atoms with Gasteiger partial charge >= 0.3 is 0 Å². The Kier molecular flexibility index (Phi) is 4.57. The molecule has 0 aromatic rings. The summed E-state index contributed by atoms with van der Waals surface area (Å²) >= 11 is 0. The van der Waals surface area contributed by atoms with Crippen LogP contribution in [0.25, 0.3) is 0 Å². The van der Waals surface area contributed by atoms with Crippen molar-refractivity contribution in [2.24, 2.45) is 28.3 Å². The fraction of sp³-hybridized carbons (Fsp3) is 0.857. The molecule has 160 valence electrons. The molecule has 0 spiro atoms. The third-order valence-electron chi connectivity index (χ3n) is 7.95. The standard InChI is InChI=1S/C21H31N3O4S/c1-23(13-21-9-14-6-15(10-21)8-16(7-14)11-21)20(26)18-2-3-19(25)24(22-18)17-4-5-29(27,28)12-17/h14-17H,2-13H2,1H3. The zero-order chi connectivity index (χ0) is 20.4. The van der Waals surface area contributed by atoms with Crippen molar-refractivity contribution < 1.29 is 18.0 Å². The van der Waals surface area contributed by atoms with E-state index in [9.17, 15) is 18.0 Å². The fourth-order valence-electron chi connectivity index (χ4n) is 7.26. The van der Waals surface area contributed by atoms with E-state index in [0.29, 0.717) is 18.6 Å². The highest BCUT2D eigenvalue weighted by Gasteiger charge is 2.51. The van der Waals surface area contributed by atoms with Crippen molar-refractivity contribution in [2.45, 2.75) is 63.8 Å². The molecule has 2 amide bonds. The molecule has 6 rings (SSSR count). The number of sulfone groups is 1. The molecule has 7 nitrogen and oxygen atoms in total. The van der Waals surface area contributed by atoms with Gasteiger partial charge < -0.3 is 4.90 Å². The highest BCUT2D eigenvalue weighted by atomic mass is 32.2. The van der Waals surface area contributed by atoms with Gasteiger partial charge in [-0.2, -0.15) is 5.10 Å². The molecule has 4 saturated carbocycles. The van der Waals surface area contributed by atoms with E-state index in [1.54, 1.807) is 0 Å². The summed E-state index contributed by atoms with van der Waals surface area (Å²) in [6.07, 6.45) is 8.85. The van der Waals surface area contributed by atoms with Gasteiger partial charge in [0.2, 0.25) is 5.91 Å². The Hall–Kier alpha value is -1.44. The summed E-state index contributed by atoms with van der Waals surface area (Å²) < 4.78 is 23.6. The van der Waals surface area contributed by atoms with E-state index in [-0.39, 0.29) is 35.2 Å². The molecule has 1 unspecified atom stereocenters. The van der Waals surface area contributed by atoms with E-state index in [2.05, 4.69) is 5.10 Å². The predicted molar refractivity (Wildman–Crippen MR) is 109 cm³/mol. The molecule has 1 atom stereocenters. The van der Waals surface area contributed by atoms with Crippen molar-refractivity contribution in [3.63, 3.8) is 0 Å². The quantitative estimate of drug-likeness (QED) is 0.693. The molecule has 29 heavy (non-hydrogen) atoms. The number of hydrogen-bond acceptors (Lipinski definition) is 5. The second-order valence-electron chi connectivity index (χ2n) is 10.4. The van der Waals surface area contributed by atoms with Crippen LogP contribution in [-0.2, 0) is 19.4 Å². The molecule has 0 radical (unpaired) electrons. The van der Waals surface area contributed by atoms with E-state index in [0.717, 1.165) is 24.3 Å². The predicted octanol–water partition coefficient (Wildman–Crippen LogP) is 1.83. The van der Waals surface area contributed by atoms with Crippen molar-refractivity contribution in [2.75, 3.05) is 25.1 Å². The largest absolute Gasteiger partial charge is 0.340 e. The highest BCUT2D eigenvalue weighted by Crippen LogP contribution is 2.60. The van der Waals surface area contributed by atoms with Gasteiger partial charge in [-0.05, 0) is 68.1 Å². The SMILES string of the molecule is CN(CC12CC3CC(CC(C3)C1)C2)C(=O)C1=NN(C2CCS(=O)(=O)C2)C(=O)CC1. The smallest absolute Gasteiger partial charge is 0.269 e. The van der Waals surface area contributed by atoms with Crippen LogP contribution in [0.2, 0.25) is 0 Å². The summed E-state index contributed by atoms with van der Waals surface area (Å²) in [6.45, 7) is 0.778. The van der Waals surface area contributed by atoms with Gasteiger partial charge in [-0.3, -0.25) is 9.59 Å². The van der Waals surface area contributed by atoms with E-state index in [1.165, 1.54) is 43.5 Å². The zero-order valence-electron chi connectivity index (χ0n) is 17.2. The first-order chi connectivity index (χ1) is 13.7. The maximum Gasteiger partial charge on any atom is 0.269 e. The highest BCUT2D eigenvalue weighted by molar-refractivity contribution is 7.91. The van der Waals surface area contributed by atoms with Gasteiger partial charge in [-0.15, -0.1) is 0 Å². The fourth-order valence-corrected chi connectivity index (χ4v) is 8.95.